The number of piperidine rings is 1. The van der Waals surface area contributed by atoms with Crippen molar-refractivity contribution >= 4 is 33.5 Å². The lowest BCUT2D eigenvalue weighted by Gasteiger charge is -2.35. The molecule has 1 heterocycles. The van der Waals surface area contributed by atoms with Gasteiger partial charge in [-0.1, -0.05) is 57.9 Å². The van der Waals surface area contributed by atoms with Gasteiger partial charge in [0.1, 0.15) is 6.10 Å². The van der Waals surface area contributed by atoms with Crippen molar-refractivity contribution in [1.29, 1.82) is 0 Å². The molecule has 2 aromatic carbocycles. The molecule has 2 aliphatic rings. The summed E-state index contributed by atoms with van der Waals surface area (Å²) in [5.74, 6) is -1.57. The number of likely N-dealkylation sites (tertiary alicyclic amines) is 1. The molecule has 0 amide bonds. The molecule has 1 aliphatic heterocycles. The number of nitrogens with zero attached hydrogens (tertiary/aromatic N) is 1. The van der Waals surface area contributed by atoms with Gasteiger partial charge in [-0.15, -0.1) is 0 Å². The molecule has 4 rings (SSSR count). The summed E-state index contributed by atoms with van der Waals surface area (Å²) in [5.41, 5.74) is 2.78. The van der Waals surface area contributed by atoms with Crippen molar-refractivity contribution in [3.05, 3.63) is 68.7 Å². The van der Waals surface area contributed by atoms with E-state index in [2.05, 4.69) is 26.9 Å². The predicted octanol–water partition coefficient (Wildman–Crippen LogP) is 7.08. The van der Waals surface area contributed by atoms with Crippen LogP contribution in [0.15, 0.2) is 46.9 Å². The van der Waals surface area contributed by atoms with E-state index in [9.17, 15) is 18.0 Å². The number of carbonyl (C=O) groups is 1. The Labute approximate surface area is 205 Å². The quantitative estimate of drug-likeness (QED) is 0.304. The van der Waals surface area contributed by atoms with Gasteiger partial charge in [0.25, 0.3) is 0 Å². The van der Waals surface area contributed by atoms with E-state index < -0.39 is 18.2 Å². The minimum absolute atomic E-state index is 0.132. The number of benzene rings is 2. The Bertz CT molecular complexity index is 992. The summed E-state index contributed by atoms with van der Waals surface area (Å²) in [6.07, 6.45) is -1.97. The Hall–Kier alpha value is -1.57. The summed E-state index contributed by atoms with van der Waals surface area (Å²) in [4.78, 5) is 14.0. The van der Waals surface area contributed by atoms with Crippen LogP contribution in [0.1, 0.15) is 54.4 Å². The molecule has 2 unspecified atom stereocenters. The molecule has 8 heteroatoms. The number of halogens is 5. The number of esters is 1. The number of hydrogen-bond donors (Lipinski definition) is 0. The lowest BCUT2D eigenvalue weighted by atomic mass is 9.88. The van der Waals surface area contributed by atoms with Crippen molar-refractivity contribution in [3.8, 4) is 0 Å². The van der Waals surface area contributed by atoms with Crippen LogP contribution in [-0.2, 0) is 16.0 Å². The maximum atomic E-state index is 12.9. The molecule has 178 valence electrons. The second kappa shape index (κ2) is 10.4. The van der Waals surface area contributed by atoms with Crippen LogP contribution in [0.3, 0.4) is 0 Å². The SMILES string of the molecule is O=C(OC1CC(CN2CCC(c3ccccc3Cl)CC2)CCc2c(Br)cccc21)C(F)(F)F. The van der Waals surface area contributed by atoms with E-state index in [1.54, 1.807) is 12.1 Å². The molecule has 33 heavy (non-hydrogen) atoms. The molecule has 1 fully saturated rings. The van der Waals surface area contributed by atoms with Crippen molar-refractivity contribution in [3.63, 3.8) is 0 Å². The Morgan fingerprint density at radius 1 is 1.06 bits per heavy atom. The standard InChI is InChI=1S/C25H26BrClF3NO2/c26-21-6-3-5-20-19(21)9-8-16(14-23(20)33-24(32)25(28,29)30)15-31-12-10-17(11-13-31)18-4-1-2-7-22(18)27/h1-7,16-17,23H,8-15H2. The molecule has 1 aliphatic carbocycles. The van der Waals surface area contributed by atoms with Crippen LogP contribution in [-0.4, -0.2) is 36.7 Å². The van der Waals surface area contributed by atoms with E-state index >= 15 is 0 Å². The first-order valence-electron chi connectivity index (χ1n) is 11.2. The van der Waals surface area contributed by atoms with Gasteiger partial charge in [-0.25, -0.2) is 4.79 Å². The van der Waals surface area contributed by atoms with Crippen molar-refractivity contribution in [2.45, 2.75) is 50.3 Å². The number of fused-ring (bicyclic) bond motifs is 1. The highest BCUT2D eigenvalue weighted by Gasteiger charge is 2.43. The Morgan fingerprint density at radius 2 is 1.76 bits per heavy atom. The minimum atomic E-state index is -5.01. The van der Waals surface area contributed by atoms with E-state index in [1.165, 1.54) is 5.56 Å². The second-order valence-corrected chi connectivity index (χ2v) is 10.2. The average molecular weight is 545 g/mol. The molecule has 3 nitrogen and oxygen atoms in total. The molecule has 0 aromatic heterocycles. The van der Waals surface area contributed by atoms with Crippen molar-refractivity contribution in [2.75, 3.05) is 19.6 Å². The molecule has 0 saturated carbocycles. The van der Waals surface area contributed by atoms with Gasteiger partial charge in [0, 0.05) is 16.0 Å². The fourth-order valence-electron chi connectivity index (χ4n) is 5.11. The lowest BCUT2D eigenvalue weighted by molar-refractivity contribution is -0.206. The third-order valence-corrected chi connectivity index (χ3v) is 7.87. The smallest absolute Gasteiger partial charge is 0.451 e. The van der Waals surface area contributed by atoms with E-state index in [-0.39, 0.29) is 5.92 Å². The number of rotatable bonds is 4. The molecule has 0 bridgehead atoms. The molecule has 2 atom stereocenters. The van der Waals surface area contributed by atoms with Crippen LogP contribution < -0.4 is 0 Å². The third kappa shape index (κ3) is 5.92. The van der Waals surface area contributed by atoms with Gasteiger partial charge >= 0.3 is 12.1 Å². The topological polar surface area (TPSA) is 29.5 Å². The first-order chi connectivity index (χ1) is 15.7. The molecule has 2 aromatic rings. The summed E-state index contributed by atoms with van der Waals surface area (Å²) in [6, 6.07) is 13.4. The second-order valence-electron chi connectivity index (χ2n) is 8.94. The number of alkyl halides is 3. The van der Waals surface area contributed by atoms with Gasteiger partial charge in [0.2, 0.25) is 0 Å². The molecule has 0 spiro atoms. The fraction of sp³-hybridized carbons (Fsp3) is 0.480. The van der Waals surface area contributed by atoms with Crippen LogP contribution in [0, 0.1) is 5.92 Å². The maximum Gasteiger partial charge on any atom is 0.490 e. The van der Waals surface area contributed by atoms with Gasteiger partial charge in [0.05, 0.1) is 0 Å². The van der Waals surface area contributed by atoms with Gasteiger partial charge in [-0.3, -0.25) is 0 Å². The zero-order valence-electron chi connectivity index (χ0n) is 18.1. The van der Waals surface area contributed by atoms with E-state index in [0.717, 1.165) is 60.4 Å². The van der Waals surface area contributed by atoms with Gasteiger partial charge in [-0.2, -0.15) is 13.2 Å². The van der Waals surface area contributed by atoms with Crippen LogP contribution in [0.4, 0.5) is 13.2 Å². The summed E-state index contributed by atoms with van der Waals surface area (Å²) in [5, 5.41) is 0.803. The van der Waals surface area contributed by atoms with Crippen LogP contribution >= 0.6 is 27.5 Å². The van der Waals surface area contributed by atoms with Gasteiger partial charge < -0.3 is 9.64 Å². The van der Waals surface area contributed by atoms with Crippen molar-refractivity contribution in [2.24, 2.45) is 5.92 Å². The first-order valence-corrected chi connectivity index (χ1v) is 12.4. The molecular formula is C25H26BrClF3NO2. The van der Waals surface area contributed by atoms with E-state index in [4.69, 9.17) is 16.3 Å². The van der Waals surface area contributed by atoms with Crippen LogP contribution in [0.2, 0.25) is 5.02 Å². The maximum absolute atomic E-state index is 12.9. The van der Waals surface area contributed by atoms with Gasteiger partial charge in [0.15, 0.2) is 0 Å². The Morgan fingerprint density at radius 3 is 2.45 bits per heavy atom. The summed E-state index contributed by atoms with van der Waals surface area (Å²) < 4.78 is 44.7. The Balaban J connectivity index is 1.43. The minimum Gasteiger partial charge on any atom is -0.451 e. The first kappa shape index (κ1) is 24.6. The highest BCUT2D eigenvalue weighted by molar-refractivity contribution is 9.10. The van der Waals surface area contributed by atoms with Gasteiger partial charge in [-0.05, 0) is 85.9 Å². The number of ether oxygens (including phenoxy) is 1. The highest BCUT2D eigenvalue weighted by atomic mass is 79.9. The third-order valence-electron chi connectivity index (χ3n) is 6.78. The van der Waals surface area contributed by atoms with Crippen molar-refractivity contribution in [1.82, 2.24) is 4.90 Å². The van der Waals surface area contributed by atoms with Crippen LogP contribution in [0.25, 0.3) is 0 Å². The number of carbonyl (C=O) groups excluding carboxylic acids is 1. The average Bonchev–Trinajstić information content (AvgIpc) is 2.94. The Kier molecular flexibility index (Phi) is 7.71. The molecule has 0 N–H and O–H groups in total. The summed E-state index contributed by atoms with van der Waals surface area (Å²) in [6.45, 7) is 2.60. The van der Waals surface area contributed by atoms with E-state index in [0.29, 0.717) is 17.9 Å². The summed E-state index contributed by atoms with van der Waals surface area (Å²) >= 11 is 9.89. The zero-order chi connectivity index (χ0) is 23.6. The molecular weight excluding hydrogens is 519 g/mol. The van der Waals surface area contributed by atoms with Crippen LogP contribution in [0.5, 0.6) is 0 Å². The molecule has 0 radical (unpaired) electrons. The zero-order valence-corrected chi connectivity index (χ0v) is 20.4. The van der Waals surface area contributed by atoms with Crippen molar-refractivity contribution < 1.29 is 22.7 Å². The highest BCUT2D eigenvalue weighted by Crippen LogP contribution is 2.40. The largest absolute Gasteiger partial charge is 0.490 e. The predicted molar refractivity (Wildman–Crippen MR) is 125 cm³/mol. The fourth-order valence-corrected chi connectivity index (χ4v) is 5.98. The molecule has 1 saturated heterocycles. The monoisotopic (exact) mass is 543 g/mol. The van der Waals surface area contributed by atoms with E-state index in [1.807, 2.05) is 24.3 Å². The summed E-state index contributed by atoms with van der Waals surface area (Å²) in [7, 11) is 0. The number of hydrogen-bond acceptors (Lipinski definition) is 3. The lowest BCUT2D eigenvalue weighted by Crippen LogP contribution is -2.37. The normalized spacial score (nSPS) is 22.5.